The van der Waals surface area contributed by atoms with E-state index in [1.807, 2.05) is 13.8 Å². The second-order valence-electron chi connectivity index (χ2n) is 5.23. The van der Waals surface area contributed by atoms with Gasteiger partial charge in [0.25, 0.3) is 0 Å². The standard InChI is InChI=1S/C17H28O4/c1-6-8-10-13(3)16(18)20-12-15(5)21-17(19)14(4)11-9-7-2/h15H,3-4,6-12H2,1-2,5H3. The minimum absolute atomic E-state index is 0.0385. The van der Waals surface area contributed by atoms with E-state index in [0.29, 0.717) is 24.0 Å². The average Bonchev–Trinajstić information content (AvgIpc) is 2.47. The first kappa shape index (κ1) is 19.4. The molecule has 4 heteroatoms. The molecule has 0 fully saturated rings. The van der Waals surface area contributed by atoms with Crippen LogP contribution in [0.25, 0.3) is 0 Å². The molecule has 0 N–H and O–H groups in total. The maximum absolute atomic E-state index is 11.7. The van der Waals surface area contributed by atoms with Crippen molar-refractivity contribution in [2.75, 3.05) is 6.61 Å². The van der Waals surface area contributed by atoms with Crippen LogP contribution >= 0.6 is 0 Å². The Balaban J connectivity index is 4.01. The summed E-state index contributed by atoms with van der Waals surface area (Å²) in [6, 6.07) is 0. The van der Waals surface area contributed by atoms with E-state index in [9.17, 15) is 9.59 Å². The van der Waals surface area contributed by atoms with Gasteiger partial charge < -0.3 is 9.47 Å². The fraction of sp³-hybridized carbons (Fsp3) is 0.647. The van der Waals surface area contributed by atoms with E-state index >= 15 is 0 Å². The van der Waals surface area contributed by atoms with Crippen molar-refractivity contribution in [3.8, 4) is 0 Å². The van der Waals surface area contributed by atoms with Gasteiger partial charge in [0.05, 0.1) is 0 Å². The number of rotatable bonds is 11. The maximum Gasteiger partial charge on any atom is 0.333 e. The number of esters is 2. The van der Waals surface area contributed by atoms with Gasteiger partial charge in [-0.15, -0.1) is 0 Å². The van der Waals surface area contributed by atoms with Gasteiger partial charge in [-0.05, 0) is 32.6 Å². The number of hydrogen-bond donors (Lipinski definition) is 0. The van der Waals surface area contributed by atoms with E-state index in [1.54, 1.807) is 6.92 Å². The van der Waals surface area contributed by atoms with Gasteiger partial charge in [0.1, 0.15) is 12.7 Å². The van der Waals surface area contributed by atoms with Crippen molar-refractivity contribution in [1.29, 1.82) is 0 Å². The SMILES string of the molecule is C=C(CCCC)C(=O)OCC(C)OC(=O)C(=C)CCCC. The van der Waals surface area contributed by atoms with E-state index in [2.05, 4.69) is 13.2 Å². The van der Waals surface area contributed by atoms with Crippen LogP contribution in [-0.4, -0.2) is 24.6 Å². The predicted octanol–water partition coefficient (Wildman–Crippen LogP) is 3.95. The molecule has 0 aliphatic rings. The lowest BCUT2D eigenvalue weighted by molar-refractivity contribution is -0.153. The molecule has 4 nitrogen and oxygen atoms in total. The summed E-state index contributed by atoms with van der Waals surface area (Å²) in [6.45, 7) is 13.2. The highest BCUT2D eigenvalue weighted by Gasteiger charge is 2.15. The summed E-state index contributed by atoms with van der Waals surface area (Å²) >= 11 is 0. The van der Waals surface area contributed by atoms with Crippen molar-refractivity contribution in [2.24, 2.45) is 0 Å². The number of unbranched alkanes of at least 4 members (excludes halogenated alkanes) is 2. The Morgan fingerprint density at radius 2 is 1.43 bits per heavy atom. The Bertz CT molecular complexity index is 371. The van der Waals surface area contributed by atoms with Crippen LogP contribution < -0.4 is 0 Å². The van der Waals surface area contributed by atoms with E-state index in [-0.39, 0.29) is 6.61 Å². The van der Waals surface area contributed by atoms with Crippen molar-refractivity contribution in [3.05, 3.63) is 24.3 Å². The first-order valence-corrected chi connectivity index (χ1v) is 7.65. The third kappa shape index (κ3) is 9.05. The molecular formula is C17H28O4. The minimum Gasteiger partial charge on any atom is -0.458 e. The summed E-state index contributed by atoms with van der Waals surface area (Å²) < 4.78 is 10.3. The smallest absolute Gasteiger partial charge is 0.333 e. The Labute approximate surface area is 128 Å². The number of carbonyl (C=O) groups excluding carboxylic acids is 2. The highest BCUT2D eigenvalue weighted by molar-refractivity contribution is 5.88. The van der Waals surface area contributed by atoms with Gasteiger partial charge in [-0.3, -0.25) is 0 Å². The van der Waals surface area contributed by atoms with Gasteiger partial charge in [0.2, 0.25) is 0 Å². The fourth-order valence-corrected chi connectivity index (χ4v) is 1.58. The van der Waals surface area contributed by atoms with Crippen LogP contribution in [0.5, 0.6) is 0 Å². The Kier molecular flexibility index (Phi) is 10.3. The molecule has 0 aliphatic heterocycles. The largest absolute Gasteiger partial charge is 0.458 e. The predicted molar refractivity (Wildman–Crippen MR) is 83.8 cm³/mol. The van der Waals surface area contributed by atoms with Crippen LogP contribution in [0.4, 0.5) is 0 Å². The van der Waals surface area contributed by atoms with Gasteiger partial charge in [-0.1, -0.05) is 39.8 Å². The number of carbonyl (C=O) groups is 2. The monoisotopic (exact) mass is 296 g/mol. The highest BCUT2D eigenvalue weighted by atomic mass is 16.6. The molecule has 0 aromatic heterocycles. The van der Waals surface area contributed by atoms with Crippen LogP contribution in [0.3, 0.4) is 0 Å². The van der Waals surface area contributed by atoms with E-state index in [1.165, 1.54) is 0 Å². The van der Waals surface area contributed by atoms with Crippen molar-refractivity contribution >= 4 is 11.9 Å². The molecule has 0 amide bonds. The van der Waals surface area contributed by atoms with E-state index in [0.717, 1.165) is 25.7 Å². The van der Waals surface area contributed by atoms with Crippen LogP contribution in [0.2, 0.25) is 0 Å². The second kappa shape index (κ2) is 11.1. The van der Waals surface area contributed by atoms with Crippen LogP contribution in [0.15, 0.2) is 24.3 Å². The first-order chi connectivity index (χ1) is 9.92. The summed E-state index contributed by atoms with van der Waals surface area (Å²) in [4.78, 5) is 23.3. The van der Waals surface area contributed by atoms with Crippen molar-refractivity contribution in [2.45, 2.75) is 65.4 Å². The van der Waals surface area contributed by atoms with Crippen LogP contribution in [0.1, 0.15) is 59.3 Å². The number of hydrogen-bond acceptors (Lipinski definition) is 4. The van der Waals surface area contributed by atoms with Crippen molar-refractivity contribution in [1.82, 2.24) is 0 Å². The summed E-state index contributed by atoms with van der Waals surface area (Å²) in [5.41, 5.74) is 0.921. The molecule has 21 heavy (non-hydrogen) atoms. The molecule has 0 aliphatic carbocycles. The molecule has 0 aromatic carbocycles. The Morgan fingerprint density at radius 3 is 1.90 bits per heavy atom. The normalized spacial score (nSPS) is 11.6. The van der Waals surface area contributed by atoms with Crippen LogP contribution in [-0.2, 0) is 19.1 Å². The summed E-state index contributed by atoms with van der Waals surface area (Å²) in [7, 11) is 0. The lowest BCUT2D eigenvalue weighted by Gasteiger charge is -2.15. The summed E-state index contributed by atoms with van der Waals surface area (Å²) in [6.07, 6.45) is 4.61. The quantitative estimate of drug-likeness (QED) is 0.428. The van der Waals surface area contributed by atoms with Gasteiger partial charge in [-0.2, -0.15) is 0 Å². The second-order valence-corrected chi connectivity index (χ2v) is 5.23. The zero-order chi connectivity index (χ0) is 16.3. The lowest BCUT2D eigenvalue weighted by Crippen LogP contribution is -2.23. The van der Waals surface area contributed by atoms with Gasteiger partial charge >= 0.3 is 11.9 Å². The van der Waals surface area contributed by atoms with Gasteiger partial charge in [-0.25, -0.2) is 9.59 Å². The molecule has 120 valence electrons. The molecule has 1 atom stereocenters. The molecule has 0 rings (SSSR count). The van der Waals surface area contributed by atoms with Crippen molar-refractivity contribution < 1.29 is 19.1 Å². The molecule has 0 saturated carbocycles. The molecule has 0 spiro atoms. The minimum atomic E-state index is -0.487. The maximum atomic E-state index is 11.7. The molecule has 0 radical (unpaired) electrons. The molecular weight excluding hydrogens is 268 g/mol. The third-order valence-electron chi connectivity index (χ3n) is 3.00. The Morgan fingerprint density at radius 1 is 0.952 bits per heavy atom. The highest BCUT2D eigenvalue weighted by Crippen LogP contribution is 2.10. The van der Waals surface area contributed by atoms with E-state index in [4.69, 9.17) is 9.47 Å². The van der Waals surface area contributed by atoms with E-state index < -0.39 is 18.0 Å². The van der Waals surface area contributed by atoms with Crippen LogP contribution in [0, 0.1) is 0 Å². The zero-order valence-corrected chi connectivity index (χ0v) is 13.6. The topological polar surface area (TPSA) is 52.6 Å². The summed E-state index contributed by atoms with van der Waals surface area (Å²) in [5, 5.41) is 0. The molecule has 0 saturated heterocycles. The van der Waals surface area contributed by atoms with Gasteiger partial charge in [0.15, 0.2) is 0 Å². The molecule has 0 bridgehead atoms. The Hall–Kier alpha value is -1.58. The average molecular weight is 296 g/mol. The first-order valence-electron chi connectivity index (χ1n) is 7.65. The summed E-state index contributed by atoms with van der Waals surface area (Å²) in [5.74, 6) is -0.840. The molecule has 0 heterocycles. The fourth-order valence-electron chi connectivity index (χ4n) is 1.58. The van der Waals surface area contributed by atoms with Crippen molar-refractivity contribution in [3.63, 3.8) is 0 Å². The third-order valence-corrected chi connectivity index (χ3v) is 3.00. The molecule has 0 aromatic rings. The molecule has 1 unspecified atom stereocenters. The number of ether oxygens (including phenoxy) is 2. The zero-order valence-electron chi connectivity index (χ0n) is 13.6. The van der Waals surface area contributed by atoms with Gasteiger partial charge in [0, 0.05) is 11.1 Å². The lowest BCUT2D eigenvalue weighted by atomic mass is 10.1.